The van der Waals surface area contributed by atoms with E-state index < -0.39 is 48.3 Å². The zero-order valence-corrected chi connectivity index (χ0v) is 11.0. The fourth-order valence-electron chi connectivity index (χ4n) is 2.31. The average molecular weight is 298 g/mol. The summed E-state index contributed by atoms with van der Waals surface area (Å²) in [6, 6.07) is 0. The summed E-state index contributed by atoms with van der Waals surface area (Å²) < 4.78 is 67.2. The molecule has 1 rings (SSSR count). The maximum Gasteiger partial charge on any atom is 0.468 e. The Morgan fingerprint density at radius 3 is 2.15 bits per heavy atom. The van der Waals surface area contributed by atoms with Crippen molar-refractivity contribution in [3.8, 4) is 0 Å². The second kappa shape index (κ2) is 6.71. The van der Waals surface area contributed by atoms with Gasteiger partial charge in [0.1, 0.15) is 5.83 Å². The molecule has 0 aromatic rings. The summed E-state index contributed by atoms with van der Waals surface area (Å²) in [4.78, 5) is 0. The lowest BCUT2D eigenvalue weighted by Crippen LogP contribution is -2.44. The topological polar surface area (TPSA) is 40.5 Å². The maximum atomic E-state index is 13.9. The van der Waals surface area contributed by atoms with Crippen LogP contribution in [0.25, 0.3) is 0 Å². The second-order valence-electron chi connectivity index (χ2n) is 4.88. The van der Waals surface area contributed by atoms with Gasteiger partial charge in [0.2, 0.25) is 0 Å². The van der Waals surface area contributed by atoms with E-state index in [1.807, 2.05) is 6.92 Å². The Kier molecular flexibility index (Phi) is 5.76. The van der Waals surface area contributed by atoms with E-state index in [0.29, 0.717) is 6.42 Å². The molecule has 0 aliphatic heterocycles. The minimum absolute atomic E-state index is 0.126. The van der Waals surface area contributed by atoms with Crippen LogP contribution in [0.2, 0.25) is 5.31 Å². The van der Waals surface area contributed by atoms with Gasteiger partial charge in [0.25, 0.3) is 0 Å². The number of halogens is 5. The van der Waals surface area contributed by atoms with Crippen LogP contribution < -0.4 is 0 Å². The van der Waals surface area contributed by atoms with Crippen molar-refractivity contribution in [2.45, 2.75) is 50.5 Å². The molecule has 0 aromatic carbocycles. The molecule has 0 radical (unpaired) electrons. The lowest BCUT2D eigenvalue weighted by Gasteiger charge is -2.36. The highest BCUT2D eigenvalue weighted by Gasteiger charge is 2.59. The number of alkyl halides is 1. The lowest BCUT2D eigenvalue weighted by atomic mass is 9.51. The number of hydrogen-bond donors (Lipinski definition) is 2. The van der Waals surface area contributed by atoms with E-state index in [0.717, 1.165) is 12.8 Å². The van der Waals surface area contributed by atoms with Crippen LogP contribution in [-0.2, 0) is 0 Å². The van der Waals surface area contributed by atoms with Crippen molar-refractivity contribution in [1.82, 2.24) is 0 Å². The number of unbranched alkanes of at least 4 members (excludes halogenated alkanes) is 3. The van der Waals surface area contributed by atoms with Crippen molar-refractivity contribution in [2.75, 3.05) is 0 Å². The van der Waals surface area contributed by atoms with Gasteiger partial charge in [0, 0.05) is 0 Å². The van der Waals surface area contributed by atoms with Crippen LogP contribution in [0.3, 0.4) is 0 Å². The first-order valence-corrected chi connectivity index (χ1v) is 6.42. The second-order valence-corrected chi connectivity index (χ2v) is 4.88. The van der Waals surface area contributed by atoms with Crippen LogP contribution in [-0.4, -0.2) is 23.3 Å². The molecule has 0 fully saturated rings. The fourth-order valence-corrected chi connectivity index (χ4v) is 2.31. The normalized spacial score (nSPS) is 27.3. The van der Waals surface area contributed by atoms with Gasteiger partial charge in [-0.15, -0.1) is 0 Å². The largest absolute Gasteiger partial charge is 0.468 e. The van der Waals surface area contributed by atoms with Gasteiger partial charge in [-0.25, -0.2) is 22.0 Å². The highest BCUT2D eigenvalue weighted by atomic mass is 19.2. The zero-order valence-electron chi connectivity index (χ0n) is 11.0. The van der Waals surface area contributed by atoms with Crippen LogP contribution >= 0.6 is 0 Å². The number of hydrogen-bond acceptors (Lipinski definition) is 2. The summed E-state index contributed by atoms with van der Waals surface area (Å²) in [5.74, 6) is -8.61. The van der Waals surface area contributed by atoms with Gasteiger partial charge in [-0.3, -0.25) is 0 Å². The molecule has 20 heavy (non-hydrogen) atoms. The Bertz CT molecular complexity index is 424. The minimum Gasteiger partial charge on any atom is -0.426 e. The van der Waals surface area contributed by atoms with Crippen LogP contribution in [0.1, 0.15) is 39.0 Å². The van der Waals surface area contributed by atoms with Crippen LogP contribution in [0.15, 0.2) is 23.3 Å². The van der Waals surface area contributed by atoms with Gasteiger partial charge in [0.05, 0.1) is 5.31 Å². The first kappa shape index (κ1) is 17.2. The monoisotopic (exact) mass is 298 g/mol. The van der Waals surface area contributed by atoms with Gasteiger partial charge < -0.3 is 10.0 Å². The summed E-state index contributed by atoms with van der Waals surface area (Å²) in [6.07, 6.45) is -1.35. The molecular weight excluding hydrogens is 282 g/mol. The summed E-state index contributed by atoms with van der Waals surface area (Å²) in [6.45, 7) is 1.88. The Balaban J connectivity index is 3.12. The molecule has 0 saturated carbocycles. The molecule has 1 aliphatic rings. The molecule has 0 aromatic heterocycles. The summed E-state index contributed by atoms with van der Waals surface area (Å²) in [5.41, 5.74) is 0. The van der Waals surface area contributed by atoms with Crippen molar-refractivity contribution in [3.05, 3.63) is 23.3 Å². The summed E-state index contributed by atoms with van der Waals surface area (Å²) >= 11 is 0. The van der Waals surface area contributed by atoms with Crippen LogP contribution in [0.5, 0.6) is 0 Å². The predicted octanol–water partition coefficient (Wildman–Crippen LogP) is 3.82. The van der Waals surface area contributed by atoms with Gasteiger partial charge in [0.15, 0.2) is 23.7 Å². The highest BCUT2D eigenvalue weighted by molar-refractivity contribution is 6.47. The molecule has 0 bridgehead atoms. The van der Waals surface area contributed by atoms with Gasteiger partial charge in [-0.05, 0) is 6.42 Å². The first-order valence-electron chi connectivity index (χ1n) is 6.42. The molecule has 2 atom stereocenters. The van der Waals surface area contributed by atoms with Crippen molar-refractivity contribution < 1.29 is 32.0 Å². The molecule has 2 N–H and O–H groups in total. The van der Waals surface area contributed by atoms with Gasteiger partial charge >= 0.3 is 7.12 Å². The Morgan fingerprint density at radius 1 is 1.05 bits per heavy atom. The van der Waals surface area contributed by atoms with Crippen molar-refractivity contribution >= 4 is 7.12 Å². The molecule has 0 heterocycles. The average Bonchev–Trinajstić information content (AvgIpc) is 2.42. The smallest absolute Gasteiger partial charge is 0.426 e. The number of rotatable bonds is 6. The van der Waals surface area contributed by atoms with E-state index in [1.165, 1.54) is 0 Å². The Morgan fingerprint density at radius 2 is 1.65 bits per heavy atom. The molecule has 2 unspecified atom stereocenters. The van der Waals surface area contributed by atoms with E-state index >= 15 is 0 Å². The molecule has 0 spiro atoms. The standard InChI is InChI=1S/C12H16BF5O2/c1-2-3-4-5-6-12(13(19)20)10(17)8(15)7(14)9(16)11(12)18/h10,19-20H,2-6H2,1H3. The minimum atomic E-state index is -2.97. The Hall–Kier alpha value is -0.885. The van der Waals surface area contributed by atoms with Crippen molar-refractivity contribution in [2.24, 2.45) is 0 Å². The van der Waals surface area contributed by atoms with E-state index in [9.17, 15) is 32.0 Å². The third kappa shape index (κ3) is 2.76. The number of allylic oxidation sites excluding steroid dienone is 4. The van der Waals surface area contributed by atoms with Gasteiger partial charge in [-0.2, -0.15) is 0 Å². The quantitative estimate of drug-likeness (QED) is 0.444. The van der Waals surface area contributed by atoms with E-state index in [4.69, 9.17) is 0 Å². The van der Waals surface area contributed by atoms with E-state index in [-0.39, 0.29) is 6.42 Å². The molecular formula is C12H16BF5O2. The van der Waals surface area contributed by atoms with E-state index in [1.54, 1.807) is 0 Å². The predicted molar refractivity (Wildman–Crippen MR) is 65.0 cm³/mol. The maximum absolute atomic E-state index is 13.9. The van der Waals surface area contributed by atoms with Gasteiger partial charge in [-0.1, -0.05) is 32.6 Å². The van der Waals surface area contributed by atoms with Crippen molar-refractivity contribution in [3.63, 3.8) is 0 Å². The molecule has 114 valence electrons. The summed E-state index contributed by atoms with van der Waals surface area (Å²) in [7, 11) is -2.68. The third-order valence-electron chi connectivity index (χ3n) is 3.58. The lowest BCUT2D eigenvalue weighted by molar-refractivity contribution is 0.170. The van der Waals surface area contributed by atoms with Crippen LogP contribution in [0, 0.1) is 0 Å². The Labute approximate surface area is 114 Å². The zero-order chi connectivity index (χ0) is 15.5. The highest BCUT2D eigenvalue weighted by Crippen LogP contribution is 2.56. The third-order valence-corrected chi connectivity index (χ3v) is 3.58. The molecule has 0 saturated heterocycles. The van der Waals surface area contributed by atoms with Crippen LogP contribution in [0.4, 0.5) is 22.0 Å². The van der Waals surface area contributed by atoms with E-state index in [2.05, 4.69) is 0 Å². The molecule has 8 heteroatoms. The molecule has 2 nitrogen and oxygen atoms in total. The SMILES string of the molecule is CCCCCCC1(B(O)O)C(F)=C(F)C(F)=C(F)C1F. The first-order chi connectivity index (χ1) is 9.30. The van der Waals surface area contributed by atoms with Crippen molar-refractivity contribution in [1.29, 1.82) is 0 Å². The fraction of sp³-hybridized carbons (Fsp3) is 0.667. The molecule has 1 aliphatic carbocycles. The summed E-state index contributed by atoms with van der Waals surface area (Å²) in [5, 5.41) is 15.6. The molecule has 0 amide bonds.